The molecule has 0 aliphatic carbocycles. The molecule has 5 heteroatoms. The second kappa shape index (κ2) is 7.77. The van der Waals surface area contributed by atoms with Gasteiger partial charge in [0.1, 0.15) is 5.82 Å². The zero-order valence-corrected chi connectivity index (χ0v) is 14.8. The number of halogens is 2. The summed E-state index contributed by atoms with van der Waals surface area (Å²) < 4.78 is 13.4. The topological polar surface area (TPSA) is 55.1 Å². The molecule has 3 atom stereocenters. The van der Waals surface area contributed by atoms with E-state index in [1.54, 1.807) is 19.9 Å². The van der Waals surface area contributed by atoms with Crippen LogP contribution in [0.15, 0.2) is 42.5 Å². The van der Waals surface area contributed by atoms with E-state index >= 15 is 0 Å². The van der Waals surface area contributed by atoms with Gasteiger partial charge < -0.3 is 11.1 Å². The van der Waals surface area contributed by atoms with Gasteiger partial charge in [-0.15, -0.1) is 0 Å². The first-order valence-electron chi connectivity index (χ1n) is 7.87. The lowest BCUT2D eigenvalue weighted by atomic mass is 9.96. The highest BCUT2D eigenvalue weighted by Gasteiger charge is 2.24. The van der Waals surface area contributed by atoms with Gasteiger partial charge in [-0.1, -0.05) is 54.4 Å². The molecule has 0 heterocycles. The van der Waals surface area contributed by atoms with E-state index in [1.165, 1.54) is 12.1 Å². The van der Waals surface area contributed by atoms with E-state index in [-0.39, 0.29) is 22.9 Å². The van der Waals surface area contributed by atoms with Crippen LogP contribution in [-0.4, -0.2) is 11.9 Å². The number of carbonyl (C=O) groups is 1. The second-order valence-electron chi connectivity index (χ2n) is 6.17. The SMILES string of the molecule is Cc1ccc(C(NC(=O)C(C)C(C)N)c2ccc(F)cc2Cl)cc1. The Morgan fingerprint density at radius 2 is 1.79 bits per heavy atom. The van der Waals surface area contributed by atoms with Crippen molar-refractivity contribution in [2.45, 2.75) is 32.9 Å². The summed E-state index contributed by atoms with van der Waals surface area (Å²) in [6.07, 6.45) is 0. The zero-order valence-electron chi connectivity index (χ0n) is 14.0. The van der Waals surface area contributed by atoms with Crippen LogP contribution in [0.25, 0.3) is 0 Å². The van der Waals surface area contributed by atoms with E-state index in [0.29, 0.717) is 5.56 Å². The largest absolute Gasteiger partial charge is 0.345 e. The summed E-state index contributed by atoms with van der Waals surface area (Å²) in [6, 6.07) is 11.2. The summed E-state index contributed by atoms with van der Waals surface area (Å²) in [5.41, 5.74) is 8.45. The van der Waals surface area contributed by atoms with Gasteiger partial charge in [-0.05, 0) is 37.1 Å². The first kappa shape index (κ1) is 18.4. The highest BCUT2D eigenvalue weighted by atomic mass is 35.5. The molecule has 2 aromatic carbocycles. The molecule has 128 valence electrons. The molecule has 0 aliphatic rings. The molecular formula is C19H22ClFN2O. The molecule has 0 fully saturated rings. The van der Waals surface area contributed by atoms with E-state index in [2.05, 4.69) is 5.32 Å². The minimum absolute atomic E-state index is 0.170. The number of aryl methyl sites for hydroxylation is 1. The van der Waals surface area contributed by atoms with Crippen LogP contribution in [0.4, 0.5) is 4.39 Å². The number of amides is 1. The Labute approximate surface area is 147 Å². The number of nitrogens with one attached hydrogen (secondary N) is 1. The second-order valence-corrected chi connectivity index (χ2v) is 6.57. The third kappa shape index (κ3) is 4.34. The van der Waals surface area contributed by atoms with Crippen LogP contribution in [0.1, 0.15) is 36.6 Å². The fraction of sp³-hybridized carbons (Fsp3) is 0.316. The molecule has 0 saturated carbocycles. The minimum atomic E-state index is -0.465. The highest BCUT2D eigenvalue weighted by molar-refractivity contribution is 6.31. The summed E-state index contributed by atoms with van der Waals surface area (Å²) in [4.78, 5) is 12.5. The van der Waals surface area contributed by atoms with Crippen LogP contribution in [0.2, 0.25) is 5.02 Å². The maximum absolute atomic E-state index is 13.4. The summed E-state index contributed by atoms with van der Waals surface area (Å²) in [5, 5.41) is 3.26. The van der Waals surface area contributed by atoms with Crippen molar-refractivity contribution in [2.75, 3.05) is 0 Å². The molecule has 3 nitrogen and oxygen atoms in total. The van der Waals surface area contributed by atoms with E-state index < -0.39 is 11.9 Å². The maximum Gasteiger partial charge on any atom is 0.225 e. The van der Waals surface area contributed by atoms with Crippen molar-refractivity contribution in [1.29, 1.82) is 0 Å². The van der Waals surface area contributed by atoms with Crippen molar-refractivity contribution < 1.29 is 9.18 Å². The van der Waals surface area contributed by atoms with E-state index in [1.807, 2.05) is 31.2 Å². The van der Waals surface area contributed by atoms with Crippen LogP contribution < -0.4 is 11.1 Å². The number of hydrogen-bond donors (Lipinski definition) is 2. The van der Waals surface area contributed by atoms with Gasteiger partial charge in [-0.2, -0.15) is 0 Å². The van der Waals surface area contributed by atoms with Gasteiger partial charge in [0.05, 0.1) is 6.04 Å². The molecule has 3 N–H and O–H groups in total. The Bertz CT molecular complexity index is 716. The van der Waals surface area contributed by atoms with E-state index in [4.69, 9.17) is 17.3 Å². The van der Waals surface area contributed by atoms with Crippen molar-refractivity contribution in [1.82, 2.24) is 5.32 Å². The molecule has 2 rings (SSSR count). The fourth-order valence-corrected chi connectivity index (χ4v) is 2.62. The van der Waals surface area contributed by atoms with E-state index in [0.717, 1.165) is 11.1 Å². The van der Waals surface area contributed by atoms with Crippen LogP contribution >= 0.6 is 11.6 Å². The number of hydrogen-bond acceptors (Lipinski definition) is 2. The summed E-state index contributed by atoms with van der Waals surface area (Å²) in [7, 11) is 0. The quantitative estimate of drug-likeness (QED) is 0.858. The smallest absolute Gasteiger partial charge is 0.225 e. The van der Waals surface area contributed by atoms with Crippen molar-refractivity contribution >= 4 is 17.5 Å². The average Bonchev–Trinajstić information content (AvgIpc) is 2.53. The first-order chi connectivity index (χ1) is 11.3. The van der Waals surface area contributed by atoms with Crippen molar-refractivity contribution in [3.63, 3.8) is 0 Å². The molecule has 2 aromatic rings. The summed E-state index contributed by atoms with van der Waals surface area (Å²) in [6.45, 7) is 5.55. The van der Waals surface area contributed by atoms with Crippen LogP contribution in [-0.2, 0) is 4.79 Å². The lowest BCUT2D eigenvalue weighted by Gasteiger charge is -2.24. The first-order valence-corrected chi connectivity index (χ1v) is 8.25. The van der Waals surface area contributed by atoms with Gasteiger partial charge in [0, 0.05) is 17.0 Å². The van der Waals surface area contributed by atoms with Gasteiger partial charge in [-0.3, -0.25) is 4.79 Å². The minimum Gasteiger partial charge on any atom is -0.345 e. The van der Waals surface area contributed by atoms with Gasteiger partial charge >= 0.3 is 0 Å². The standard InChI is InChI=1S/C19H22ClFN2O/c1-11-4-6-14(7-5-11)18(23-19(24)12(2)13(3)22)16-9-8-15(21)10-17(16)20/h4-10,12-13,18H,22H2,1-3H3,(H,23,24). The maximum atomic E-state index is 13.4. The molecule has 24 heavy (non-hydrogen) atoms. The summed E-state index contributed by atoms with van der Waals surface area (Å²) >= 11 is 6.22. The van der Waals surface area contributed by atoms with E-state index in [9.17, 15) is 9.18 Å². The third-order valence-electron chi connectivity index (χ3n) is 4.17. The molecule has 0 radical (unpaired) electrons. The molecule has 0 spiro atoms. The van der Waals surface area contributed by atoms with Crippen molar-refractivity contribution in [2.24, 2.45) is 11.7 Å². The normalized spacial score (nSPS) is 14.8. The Kier molecular flexibility index (Phi) is 5.97. The Morgan fingerprint density at radius 3 is 2.33 bits per heavy atom. The lowest BCUT2D eigenvalue weighted by Crippen LogP contribution is -2.40. The molecular weight excluding hydrogens is 327 g/mol. The Balaban J connectivity index is 2.41. The molecule has 0 aliphatic heterocycles. The highest BCUT2D eigenvalue weighted by Crippen LogP contribution is 2.29. The average molecular weight is 349 g/mol. The number of rotatable bonds is 5. The fourth-order valence-electron chi connectivity index (χ4n) is 2.35. The Hall–Kier alpha value is -1.91. The predicted molar refractivity (Wildman–Crippen MR) is 95.4 cm³/mol. The van der Waals surface area contributed by atoms with Gasteiger partial charge in [0.15, 0.2) is 0 Å². The Morgan fingerprint density at radius 1 is 1.17 bits per heavy atom. The molecule has 0 aromatic heterocycles. The molecule has 0 bridgehead atoms. The van der Waals surface area contributed by atoms with Crippen LogP contribution in [0.5, 0.6) is 0 Å². The lowest BCUT2D eigenvalue weighted by molar-refractivity contribution is -0.125. The van der Waals surface area contributed by atoms with Crippen molar-refractivity contribution in [3.8, 4) is 0 Å². The molecule has 3 unspecified atom stereocenters. The third-order valence-corrected chi connectivity index (χ3v) is 4.50. The number of nitrogens with two attached hydrogens (primary N) is 1. The van der Waals surface area contributed by atoms with Gasteiger partial charge in [0.25, 0.3) is 0 Å². The summed E-state index contributed by atoms with van der Waals surface area (Å²) in [5.74, 6) is -0.935. The zero-order chi connectivity index (χ0) is 17.9. The monoisotopic (exact) mass is 348 g/mol. The predicted octanol–water partition coefficient (Wildman–Crippen LogP) is 3.98. The van der Waals surface area contributed by atoms with Crippen LogP contribution in [0, 0.1) is 18.7 Å². The molecule has 1 amide bonds. The van der Waals surface area contributed by atoms with Gasteiger partial charge in [-0.25, -0.2) is 4.39 Å². The number of benzene rings is 2. The molecule has 0 saturated heterocycles. The van der Waals surface area contributed by atoms with Crippen molar-refractivity contribution in [3.05, 3.63) is 70.0 Å². The van der Waals surface area contributed by atoms with Crippen LogP contribution in [0.3, 0.4) is 0 Å². The number of carbonyl (C=O) groups excluding carboxylic acids is 1. The van der Waals surface area contributed by atoms with Gasteiger partial charge in [0.2, 0.25) is 5.91 Å².